The Bertz CT molecular complexity index is 1170. The number of ether oxygens (including phenoxy) is 1. The van der Waals surface area contributed by atoms with Gasteiger partial charge >= 0.3 is 0 Å². The van der Waals surface area contributed by atoms with Gasteiger partial charge in [-0.15, -0.1) is 0 Å². The van der Waals surface area contributed by atoms with Crippen molar-refractivity contribution in [1.29, 1.82) is 0 Å². The predicted octanol–water partition coefficient (Wildman–Crippen LogP) is 4.58. The monoisotopic (exact) mass is 472 g/mol. The molecule has 0 saturated carbocycles. The van der Waals surface area contributed by atoms with Crippen molar-refractivity contribution in [2.24, 2.45) is 0 Å². The molecule has 0 aliphatic rings. The van der Waals surface area contributed by atoms with Crippen LogP contribution >= 0.6 is 11.6 Å². The lowest BCUT2D eigenvalue weighted by molar-refractivity contribution is -0.117. The zero-order chi connectivity index (χ0) is 23.1. The van der Waals surface area contributed by atoms with E-state index in [1.165, 1.54) is 18.2 Å². The summed E-state index contributed by atoms with van der Waals surface area (Å²) in [5, 5.41) is 2.97. The van der Waals surface area contributed by atoms with Crippen LogP contribution in [0.1, 0.15) is 18.1 Å². The highest BCUT2D eigenvalue weighted by atomic mass is 35.5. The maximum Gasteiger partial charge on any atom is 0.242 e. The first kappa shape index (κ1) is 23.8. The average molecular weight is 473 g/mol. The Morgan fingerprint density at radius 3 is 2.34 bits per heavy atom. The minimum atomic E-state index is -4.03. The van der Waals surface area contributed by atoms with E-state index in [9.17, 15) is 13.2 Å². The van der Waals surface area contributed by atoms with Crippen LogP contribution in [0.15, 0.2) is 77.7 Å². The lowest BCUT2D eigenvalue weighted by Crippen LogP contribution is -2.45. The molecule has 168 valence electrons. The first-order valence-corrected chi connectivity index (χ1v) is 12.0. The van der Waals surface area contributed by atoms with Gasteiger partial charge in [-0.25, -0.2) is 8.42 Å². The van der Waals surface area contributed by atoms with Gasteiger partial charge in [-0.05, 0) is 56.2 Å². The molecule has 8 heteroatoms. The largest absolute Gasteiger partial charge is 0.492 e. The molecule has 3 rings (SSSR count). The van der Waals surface area contributed by atoms with E-state index in [0.29, 0.717) is 18.0 Å². The molecule has 0 aromatic heterocycles. The third kappa shape index (κ3) is 6.32. The van der Waals surface area contributed by atoms with Crippen molar-refractivity contribution in [2.75, 3.05) is 11.9 Å². The fourth-order valence-corrected chi connectivity index (χ4v) is 4.60. The van der Waals surface area contributed by atoms with Crippen LogP contribution in [0.3, 0.4) is 0 Å². The predicted molar refractivity (Wildman–Crippen MR) is 127 cm³/mol. The van der Waals surface area contributed by atoms with Crippen LogP contribution in [0.25, 0.3) is 0 Å². The van der Waals surface area contributed by atoms with E-state index < -0.39 is 22.0 Å². The first-order valence-electron chi connectivity index (χ1n) is 10.1. The molecule has 0 saturated heterocycles. The Balaban J connectivity index is 1.86. The number of nitrogens with one attached hydrogen (secondary N) is 2. The van der Waals surface area contributed by atoms with Gasteiger partial charge in [-0.3, -0.25) is 4.79 Å². The Kier molecular flexibility index (Phi) is 7.90. The molecule has 1 atom stereocenters. The van der Waals surface area contributed by atoms with Gasteiger partial charge in [0.15, 0.2) is 0 Å². The zero-order valence-electron chi connectivity index (χ0n) is 17.8. The SMILES string of the molecule is CCOc1ccc(S(=O)(=O)N[C@@H](Cc2ccccc2)C(=O)Nc2ccc(C)cc2)cc1Cl. The molecular weight excluding hydrogens is 448 g/mol. The van der Waals surface area contributed by atoms with Crippen LogP contribution in [-0.4, -0.2) is 27.0 Å². The van der Waals surface area contributed by atoms with Gasteiger partial charge in [0.1, 0.15) is 11.8 Å². The second kappa shape index (κ2) is 10.6. The Hall–Kier alpha value is -2.87. The van der Waals surface area contributed by atoms with Crippen LogP contribution in [0.5, 0.6) is 5.75 Å². The Morgan fingerprint density at radius 2 is 1.72 bits per heavy atom. The lowest BCUT2D eigenvalue weighted by Gasteiger charge is -2.19. The number of hydrogen-bond donors (Lipinski definition) is 2. The number of halogens is 1. The average Bonchev–Trinajstić information content (AvgIpc) is 2.77. The molecule has 1 amide bonds. The second-order valence-electron chi connectivity index (χ2n) is 7.24. The summed E-state index contributed by atoms with van der Waals surface area (Å²) in [6.07, 6.45) is 0.183. The second-order valence-corrected chi connectivity index (χ2v) is 9.37. The summed E-state index contributed by atoms with van der Waals surface area (Å²) in [4.78, 5) is 13.0. The van der Waals surface area contributed by atoms with E-state index in [1.54, 1.807) is 12.1 Å². The van der Waals surface area contributed by atoms with E-state index >= 15 is 0 Å². The van der Waals surface area contributed by atoms with Crippen LogP contribution < -0.4 is 14.8 Å². The van der Waals surface area contributed by atoms with E-state index in [4.69, 9.17) is 16.3 Å². The molecule has 6 nitrogen and oxygen atoms in total. The number of sulfonamides is 1. The van der Waals surface area contributed by atoms with Crippen LogP contribution in [-0.2, 0) is 21.2 Å². The fraction of sp³-hybridized carbons (Fsp3) is 0.208. The van der Waals surface area contributed by atoms with E-state index in [1.807, 2.05) is 56.3 Å². The van der Waals surface area contributed by atoms with Gasteiger partial charge < -0.3 is 10.1 Å². The number of hydrogen-bond acceptors (Lipinski definition) is 4. The van der Waals surface area contributed by atoms with Crippen molar-refractivity contribution in [1.82, 2.24) is 4.72 Å². The van der Waals surface area contributed by atoms with Crippen molar-refractivity contribution in [3.05, 3.63) is 88.9 Å². The number of aryl methyl sites for hydroxylation is 1. The minimum Gasteiger partial charge on any atom is -0.492 e. The van der Waals surface area contributed by atoms with E-state index in [2.05, 4.69) is 10.0 Å². The topological polar surface area (TPSA) is 84.5 Å². The third-order valence-corrected chi connectivity index (χ3v) is 6.49. The highest BCUT2D eigenvalue weighted by molar-refractivity contribution is 7.89. The minimum absolute atomic E-state index is 0.0489. The number of carbonyl (C=O) groups excluding carboxylic acids is 1. The van der Waals surface area contributed by atoms with Crippen molar-refractivity contribution in [3.8, 4) is 5.75 Å². The van der Waals surface area contributed by atoms with Gasteiger partial charge in [-0.1, -0.05) is 59.6 Å². The number of amides is 1. The molecule has 0 radical (unpaired) electrons. The van der Waals surface area contributed by atoms with Gasteiger partial charge in [0, 0.05) is 5.69 Å². The summed E-state index contributed by atoms with van der Waals surface area (Å²) in [5.41, 5.74) is 2.46. The molecule has 0 unspecified atom stereocenters. The molecule has 0 aliphatic heterocycles. The maximum absolute atomic E-state index is 13.1. The van der Waals surface area contributed by atoms with Crippen molar-refractivity contribution < 1.29 is 17.9 Å². The summed E-state index contributed by atoms with van der Waals surface area (Å²) >= 11 is 6.17. The summed E-state index contributed by atoms with van der Waals surface area (Å²) in [5.74, 6) is -0.0654. The number of carbonyl (C=O) groups is 1. The summed E-state index contributed by atoms with van der Waals surface area (Å²) in [6.45, 7) is 4.16. The summed E-state index contributed by atoms with van der Waals surface area (Å²) < 4.78 is 34.0. The van der Waals surface area contributed by atoms with Gasteiger partial charge in [-0.2, -0.15) is 4.72 Å². The summed E-state index contributed by atoms with van der Waals surface area (Å²) in [6, 6.07) is 19.7. The van der Waals surface area contributed by atoms with Gasteiger partial charge in [0.05, 0.1) is 16.5 Å². The molecule has 0 spiro atoms. The normalized spacial score (nSPS) is 12.2. The Morgan fingerprint density at radius 1 is 1.03 bits per heavy atom. The highest BCUT2D eigenvalue weighted by Crippen LogP contribution is 2.27. The quantitative estimate of drug-likeness (QED) is 0.477. The van der Waals surface area contributed by atoms with Gasteiger partial charge in [0.25, 0.3) is 0 Å². The molecule has 0 fully saturated rings. The molecule has 2 N–H and O–H groups in total. The van der Waals surface area contributed by atoms with Crippen LogP contribution in [0.4, 0.5) is 5.69 Å². The highest BCUT2D eigenvalue weighted by Gasteiger charge is 2.27. The van der Waals surface area contributed by atoms with Crippen molar-refractivity contribution in [2.45, 2.75) is 31.2 Å². The molecule has 3 aromatic rings. The van der Waals surface area contributed by atoms with Crippen LogP contribution in [0.2, 0.25) is 5.02 Å². The molecule has 0 bridgehead atoms. The van der Waals surface area contributed by atoms with Crippen molar-refractivity contribution >= 4 is 33.2 Å². The number of anilines is 1. The van der Waals surface area contributed by atoms with E-state index in [0.717, 1.165) is 11.1 Å². The summed E-state index contributed by atoms with van der Waals surface area (Å²) in [7, 11) is -4.03. The van der Waals surface area contributed by atoms with Crippen molar-refractivity contribution in [3.63, 3.8) is 0 Å². The lowest BCUT2D eigenvalue weighted by atomic mass is 10.1. The fourth-order valence-electron chi connectivity index (χ4n) is 3.08. The standard InChI is InChI=1S/C24H25ClN2O4S/c1-3-31-23-14-13-20(16-21(23)25)32(29,30)27-22(15-18-7-5-4-6-8-18)24(28)26-19-11-9-17(2)10-12-19/h4-14,16,22,27H,3,15H2,1-2H3,(H,26,28)/t22-/m0/s1. The molecule has 0 heterocycles. The molecule has 3 aromatic carbocycles. The van der Waals surface area contributed by atoms with Crippen LogP contribution in [0, 0.1) is 6.92 Å². The zero-order valence-corrected chi connectivity index (χ0v) is 19.4. The van der Waals surface area contributed by atoms with E-state index in [-0.39, 0.29) is 16.3 Å². The molecule has 0 aliphatic carbocycles. The molecule has 32 heavy (non-hydrogen) atoms. The van der Waals surface area contributed by atoms with Gasteiger partial charge in [0.2, 0.25) is 15.9 Å². The third-order valence-electron chi connectivity index (χ3n) is 4.73. The first-order chi connectivity index (χ1) is 15.3. The number of rotatable bonds is 9. The number of benzene rings is 3. The maximum atomic E-state index is 13.1. The Labute approximate surface area is 193 Å². The smallest absolute Gasteiger partial charge is 0.242 e. The molecular formula is C24H25ClN2O4S.